The van der Waals surface area contributed by atoms with Crippen LogP contribution in [0.5, 0.6) is 11.6 Å². The fourth-order valence-electron chi connectivity index (χ4n) is 1.71. The number of carbonyl (C=O) groups excluding carboxylic acids is 1. The number of nitrogens with zero attached hydrogens (tertiary/aromatic N) is 1. The number of pyridine rings is 1. The van der Waals surface area contributed by atoms with E-state index in [2.05, 4.69) is 18.8 Å². The minimum absolute atomic E-state index is 0.388. The van der Waals surface area contributed by atoms with E-state index >= 15 is 0 Å². The average Bonchev–Trinajstić information content (AvgIpc) is 2.48. The normalized spacial score (nSPS) is 10.4. The van der Waals surface area contributed by atoms with Crippen molar-refractivity contribution >= 4 is 5.97 Å². The second-order valence-corrected chi connectivity index (χ2v) is 4.70. The summed E-state index contributed by atoms with van der Waals surface area (Å²) in [5.41, 5.74) is 1.59. The molecule has 2 aromatic rings. The lowest BCUT2D eigenvalue weighted by Crippen LogP contribution is -2.09. The van der Waals surface area contributed by atoms with Crippen molar-refractivity contribution in [2.75, 3.05) is 7.11 Å². The molecule has 4 heteroatoms. The summed E-state index contributed by atoms with van der Waals surface area (Å²) < 4.78 is 10.2. The Labute approximate surface area is 118 Å². The van der Waals surface area contributed by atoms with Crippen LogP contribution in [0.25, 0.3) is 0 Å². The Kier molecular flexibility index (Phi) is 4.35. The Morgan fingerprint density at radius 1 is 1.10 bits per heavy atom. The zero-order valence-corrected chi connectivity index (χ0v) is 11.8. The molecule has 1 heterocycles. The zero-order valence-electron chi connectivity index (χ0n) is 11.8. The molecule has 0 N–H and O–H groups in total. The molecule has 0 radical (unpaired) electrons. The number of carbonyl (C=O) groups is 1. The molecule has 4 nitrogen and oxygen atoms in total. The summed E-state index contributed by atoms with van der Waals surface area (Å²) in [5.74, 6) is 1.00. The Morgan fingerprint density at radius 3 is 2.30 bits per heavy atom. The van der Waals surface area contributed by atoms with Gasteiger partial charge in [0.1, 0.15) is 5.75 Å². The Bertz CT molecular complexity index is 574. The first-order valence-corrected chi connectivity index (χ1v) is 6.42. The van der Waals surface area contributed by atoms with E-state index in [0.29, 0.717) is 23.1 Å². The standard InChI is InChI=1S/C16H17NO3/c1-11(2)12-4-7-14(8-5-12)20-16(18)13-6-9-15(19-3)17-10-13/h4-11H,1-3H3. The summed E-state index contributed by atoms with van der Waals surface area (Å²) in [5, 5.41) is 0. The monoisotopic (exact) mass is 271 g/mol. The summed E-state index contributed by atoms with van der Waals surface area (Å²) in [6.07, 6.45) is 1.43. The Balaban J connectivity index is 2.06. The second-order valence-electron chi connectivity index (χ2n) is 4.70. The summed E-state index contributed by atoms with van der Waals surface area (Å²) >= 11 is 0. The maximum atomic E-state index is 11.9. The highest BCUT2D eigenvalue weighted by Crippen LogP contribution is 2.19. The van der Waals surface area contributed by atoms with E-state index < -0.39 is 5.97 Å². The van der Waals surface area contributed by atoms with E-state index in [1.54, 1.807) is 24.3 Å². The number of benzene rings is 1. The lowest BCUT2D eigenvalue weighted by atomic mass is 10.0. The van der Waals surface area contributed by atoms with Crippen molar-refractivity contribution in [3.63, 3.8) is 0 Å². The molecule has 0 unspecified atom stereocenters. The van der Waals surface area contributed by atoms with Crippen LogP contribution in [0.15, 0.2) is 42.6 Å². The molecule has 0 bridgehead atoms. The van der Waals surface area contributed by atoms with E-state index in [-0.39, 0.29) is 0 Å². The van der Waals surface area contributed by atoms with Crippen molar-refractivity contribution in [2.24, 2.45) is 0 Å². The largest absolute Gasteiger partial charge is 0.481 e. The van der Waals surface area contributed by atoms with E-state index in [1.165, 1.54) is 18.9 Å². The quantitative estimate of drug-likeness (QED) is 0.631. The van der Waals surface area contributed by atoms with Crippen molar-refractivity contribution in [2.45, 2.75) is 19.8 Å². The first-order valence-electron chi connectivity index (χ1n) is 6.42. The minimum Gasteiger partial charge on any atom is -0.481 e. The molecule has 0 aliphatic rings. The molecule has 0 atom stereocenters. The first-order chi connectivity index (χ1) is 9.60. The molecule has 0 amide bonds. The van der Waals surface area contributed by atoms with E-state index in [4.69, 9.17) is 9.47 Å². The van der Waals surface area contributed by atoms with Crippen molar-refractivity contribution < 1.29 is 14.3 Å². The lowest BCUT2D eigenvalue weighted by Gasteiger charge is -2.07. The highest BCUT2D eigenvalue weighted by molar-refractivity contribution is 5.90. The molecule has 1 aromatic heterocycles. The molecule has 0 aliphatic heterocycles. The highest BCUT2D eigenvalue weighted by atomic mass is 16.5. The van der Waals surface area contributed by atoms with Crippen molar-refractivity contribution in [3.05, 3.63) is 53.7 Å². The van der Waals surface area contributed by atoms with Crippen LogP contribution >= 0.6 is 0 Å². The SMILES string of the molecule is COc1ccc(C(=O)Oc2ccc(C(C)C)cc2)cn1. The molecule has 0 saturated carbocycles. The molecule has 20 heavy (non-hydrogen) atoms. The molecule has 0 fully saturated rings. The predicted octanol–water partition coefficient (Wildman–Crippen LogP) is 3.43. The van der Waals surface area contributed by atoms with Gasteiger partial charge in [0.15, 0.2) is 0 Å². The van der Waals surface area contributed by atoms with Crippen molar-refractivity contribution in [1.82, 2.24) is 4.98 Å². The van der Waals surface area contributed by atoms with Crippen LogP contribution in [0, 0.1) is 0 Å². The summed E-state index contributed by atoms with van der Waals surface area (Å²) in [6, 6.07) is 10.8. The van der Waals surface area contributed by atoms with Crippen molar-refractivity contribution in [3.8, 4) is 11.6 Å². The molecule has 104 valence electrons. The van der Waals surface area contributed by atoms with Gasteiger partial charge in [-0.25, -0.2) is 9.78 Å². The van der Waals surface area contributed by atoms with Gasteiger partial charge in [0.2, 0.25) is 5.88 Å². The Morgan fingerprint density at radius 2 is 1.80 bits per heavy atom. The predicted molar refractivity (Wildman–Crippen MR) is 76.3 cm³/mol. The van der Waals surface area contributed by atoms with E-state index in [1.807, 2.05) is 12.1 Å². The van der Waals surface area contributed by atoms with Gasteiger partial charge in [0, 0.05) is 12.3 Å². The third-order valence-corrected chi connectivity index (χ3v) is 2.94. The maximum Gasteiger partial charge on any atom is 0.345 e. The van der Waals surface area contributed by atoms with Gasteiger partial charge in [-0.05, 0) is 29.7 Å². The van der Waals surface area contributed by atoms with Crippen LogP contribution in [0.4, 0.5) is 0 Å². The number of hydrogen-bond donors (Lipinski definition) is 0. The third-order valence-electron chi connectivity index (χ3n) is 2.94. The molecular weight excluding hydrogens is 254 g/mol. The summed E-state index contributed by atoms with van der Waals surface area (Å²) in [7, 11) is 1.52. The maximum absolute atomic E-state index is 11.9. The molecule has 2 rings (SSSR count). The number of rotatable bonds is 4. The van der Waals surface area contributed by atoms with Crippen LogP contribution in [0.2, 0.25) is 0 Å². The summed E-state index contributed by atoms with van der Waals surface area (Å²) in [6.45, 7) is 4.23. The van der Waals surface area contributed by atoms with Crippen LogP contribution in [0.1, 0.15) is 35.7 Å². The fourth-order valence-corrected chi connectivity index (χ4v) is 1.71. The van der Waals surface area contributed by atoms with Gasteiger partial charge in [-0.15, -0.1) is 0 Å². The number of aromatic nitrogens is 1. The van der Waals surface area contributed by atoms with Crippen LogP contribution in [-0.2, 0) is 0 Å². The molecule has 1 aromatic carbocycles. The van der Waals surface area contributed by atoms with Crippen LogP contribution < -0.4 is 9.47 Å². The van der Waals surface area contributed by atoms with Crippen LogP contribution in [0.3, 0.4) is 0 Å². The van der Waals surface area contributed by atoms with Crippen molar-refractivity contribution in [1.29, 1.82) is 0 Å². The van der Waals surface area contributed by atoms with Crippen LogP contribution in [-0.4, -0.2) is 18.1 Å². The van der Waals surface area contributed by atoms with Gasteiger partial charge in [-0.1, -0.05) is 26.0 Å². The number of esters is 1. The number of ether oxygens (including phenoxy) is 2. The smallest absolute Gasteiger partial charge is 0.345 e. The first kappa shape index (κ1) is 14.1. The number of hydrogen-bond acceptors (Lipinski definition) is 4. The van der Waals surface area contributed by atoms with E-state index in [9.17, 15) is 4.79 Å². The fraction of sp³-hybridized carbons (Fsp3) is 0.250. The topological polar surface area (TPSA) is 48.4 Å². The second kappa shape index (κ2) is 6.19. The molecule has 0 aliphatic carbocycles. The van der Waals surface area contributed by atoms with E-state index in [0.717, 1.165) is 0 Å². The van der Waals surface area contributed by atoms with Gasteiger partial charge < -0.3 is 9.47 Å². The van der Waals surface area contributed by atoms with Gasteiger partial charge in [-0.2, -0.15) is 0 Å². The van der Waals surface area contributed by atoms with Gasteiger partial charge >= 0.3 is 5.97 Å². The van der Waals surface area contributed by atoms with Gasteiger partial charge in [0.25, 0.3) is 0 Å². The lowest BCUT2D eigenvalue weighted by molar-refractivity contribution is 0.0734. The Hall–Kier alpha value is -2.36. The third kappa shape index (κ3) is 3.35. The summed E-state index contributed by atoms with van der Waals surface area (Å²) in [4.78, 5) is 15.9. The van der Waals surface area contributed by atoms with Gasteiger partial charge in [0.05, 0.1) is 12.7 Å². The van der Waals surface area contributed by atoms with Gasteiger partial charge in [-0.3, -0.25) is 0 Å². The zero-order chi connectivity index (χ0) is 14.5. The number of methoxy groups -OCH3 is 1. The highest BCUT2D eigenvalue weighted by Gasteiger charge is 2.09. The average molecular weight is 271 g/mol. The molecule has 0 saturated heterocycles. The minimum atomic E-state index is -0.433. The molecular formula is C16H17NO3. The molecule has 0 spiro atoms.